The van der Waals surface area contributed by atoms with Gasteiger partial charge in [0.25, 0.3) is 5.89 Å². The fourth-order valence-electron chi connectivity index (χ4n) is 2.53. The van der Waals surface area contributed by atoms with Gasteiger partial charge in [0.1, 0.15) is 0 Å². The maximum Gasteiger partial charge on any atom is 0.257 e. The van der Waals surface area contributed by atoms with Crippen LogP contribution in [0.3, 0.4) is 0 Å². The summed E-state index contributed by atoms with van der Waals surface area (Å²) >= 11 is 1.61. The minimum atomic E-state index is 0.137. The zero-order valence-electron chi connectivity index (χ0n) is 11.6. The third-order valence-electron chi connectivity index (χ3n) is 3.87. The molecule has 0 spiro atoms. The van der Waals surface area contributed by atoms with E-state index < -0.39 is 0 Å². The summed E-state index contributed by atoms with van der Waals surface area (Å²) in [6, 6.07) is 6.51. The lowest BCUT2D eigenvalue weighted by Crippen LogP contribution is -2.48. The van der Waals surface area contributed by atoms with Gasteiger partial charge in [-0.25, -0.2) is 0 Å². The number of thiophene rings is 1. The highest BCUT2D eigenvalue weighted by atomic mass is 32.1. The molecule has 0 bridgehead atoms. The molecule has 1 fully saturated rings. The number of hydrogen-bond donors (Lipinski definition) is 0. The van der Waals surface area contributed by atoms with Crippen LogP contribution in [0.5, 0.6) is 0 Å². The van der Waals surface area contributed by atoms with Crippen LogP contribution in [0.25, 0.3) is 10.8 Å². The minimum Gasteiger partial charge on any atom is -0.418 e. The lowest BCUT2D eigenvalue weighted by Gasteiger charge is -2.41. The van der Waals surface area contributed by atoms with E-state index in [0.717, 1.165) is 18.0 Å². The van der Waals surface area contributed by atoms with Crippen LogP contribution in [-0.2, 0) is 0 Å². The lowest BCUT2D eigenvalue weighted by molar-refractivity contribution is 0.0484. The summed E-state index contributed by atoms with van der Waals surface area (Å²) in [5.74, 6) is 1.29. The predicted octanol–water partition coefficient (Wildman–Crippen LogP) is 2.61. The molecule has 0 amide bonds. The summed E-state index contributed by atoms with van der Waals surface area (Å²) in [6.45, 7) is 4.02. The predicted molar refractivity (Wildman–Crippen MR) is 78.9 cm³/mol. The van der Waals surface area contributed by atoms with Crippen molar-refractivity contribution >= 4 is 11.3 Å². The van der Waals surface area contributed by atoms with Crippen LogP contribution < -0.4 is 0 Å². The van der Waals surface area contributed by atoms with Crippen molar-refractivity contribution in [2.45, 2.75) is 19.0 Å². The van der Waals surface area contributed by atoms with Crippen molar-refractivity contribution < 1.29 is 4.42 Å². The average Bonchev–Trinajstić information content (AvgIpc) is 3.18. The Hall–Kier alpha value is -1.99. The van der Waals surface area contributed by atoms with E-state index in [1.165, 1.54) is 0 Å². The fraction of sp³-hybridized carbons (Fsp3) is 0.357. The lowest BCUT2D eigenvalue weighted by atomic mass is 10.1. The van der Waals surface area contributed by atoms with Gasteiger partial charge in [-0.15, -0.1) is 21.5 Å². The largest absolute Gasteiger partial charge is 0.418 e. The van der Waals surface area contributed by atoms with Crippen LogP contribution in [0.1, 0.15) is 24.9 Å². The van der Waals surface area contributed by atoms with Gasteiger partial charge in [-0.1, -0.05) is 6.07 Å². The van der Waals surface area contributed by atoms with Crippen molar-refractivity contribution in [1.29, 1.82) is 0 Å². The second kappa shape index (κ2) is 5.09. The van der Waals surface area contributed by atoms with Gasteiger partial charge in [-0.2, -0.15) is 5.10 Å². The Morgan fingerprint density at radius 1 is 1.33 bits per heavy atom. The van der Waals surface area contributed by atoms with Gasteiger partial charge in [0.2, 0.25) is 5.89 Å². The molecule has 0 radical (unpaired) electrons. The van der Waals surface area contributed by atoms with E-state index in [9.17, 15) is 0 Å². The second-order valence-corrected chi connectivity index (χ2v) is 6.14. The SMILES string of the molecule is C[C@@H](c1nnc(-c2cccs2)o1)N1CC(n2cccn2)C1. The van der Waals surface area contributed by atoms with Gasteiger partial charge >= 0.3 is 0 Å². The van der Waals surface area contributed by atoms with Gasteiger partial charge in [0.05, 0.1) is 17.0 Å². The first kappa shape index (κ1) is 12.7. The smallest absolute Gasteiger partial charge is 0.257 e. The van der Waals surface area contributed by atoms with Crippen molar-refractivity contribution in [2.24, 2.45) is 0 Å². The summed E-state index contributed by atoms with van der Waals surface area (Å²) in [4.78, 5) is 3.33. The van der Waals surface area contributed by atoms with Crippen LogP contribution in [-0.4, -0.2) is 38.0 Å². The maximum atomic E-state index is 5.80. The Labute approximate surface area is 126 Å². The summed E-state index contributed by atoms with van der Waals surface area (Å²) in [7, 11) is 0. The van der Waals surface area contributed by atoms with Crippen molar-refractivity contribution in [1.82, 2.24) is 24.9 Å². The molecule has 1 aliphatic rings. The zero-order chi connectivity index (χ0) is 14.2. The van der Waals surface area contributed by atoms with E-state index in [1.54, 1.807) is 11.3 Å². The minimum absolute atomic E-state index is 0.137. The number of nitrogens with zero attached hydrogens (tertiary/aromatic N) is 5. The molecule has 3 aromatic rings. The fourth-order valence-corrected chi connectivity index (χ4v) is 3.17. The van der Waals surface area contributed by atoms with Crippen molar-refractivity contribution in [3.63, 3.8) is 0 Å². The van der Waals surface area contributed by atoms with E-state index in [0.29, 0.717) is 17.8 Å². The molecule has 1 aliphatic heterocycles. The first-order chi connectivity index (χ1) is 10.3. The molecule has 108 valence electrons. The van der Waals surface area contributed by atoms with Crippen LogP contribution in [0.2, 0.25) is 0 Å². The number of rotatable bonds is 4. The van der Waals surface area contributed by atoms with Gasteiger partial charge in [0.15, 0.2) is 0 Å². The molecule has 6 nitrogen and oxygen atoms in total. The molecule has 0 aliphatic carbocycles. The van der Waals surface area contributed by atoms with Gasteiger partial charge in [-0.05, 0) is 24.4 Å². The molecule has 0 N–H and O–H groups in total. The molecule has 1 atom stereocenters. The Morgan fingerprint density at radius 3 is 2.95 bits per heavy atom. The highest BCUT2D eigenvalue weighted by Crippen LogP contribution is 2.31. The standard InChI is InChI=1S/C14H15N5OS/c1-10(18-8-11(9-18)19-6-3-5-15-19)13-16-17-14(20-13)12-4-2-7-21-12/h2-7,10-11H,8-9H2,1H3/t10-/m0/s1. The quantitative estimate of drug-likeness (QED) is 0.741. The highest BCUT2D eigenvalue weighted by molar-refractivity contribution is 7.13. The van der Waals surface area contributed by atoms with Crippen LogP contribution in [0, 0.1) is 0 Å². The first-order valence-corrected chi connectivity index (χ1v) is 7.79. The molecule has 3 aromatic heterocycles. The Balaban J connectivity index is 1.43. The Kier molecular flexibility index (Phi) is 3.08. The molecular formula is C14H15N5OS. The van der Waals surface area contributed by atoms with Crippen LogP contribution in [0.15, 0.2) is 40.4 Å². The maximum absolute atomic E-state index is 5.80. The molecule has 1 saturated heterocycles. The monoisotopic (exact) mass is 301 g/mol. The molecule has 0 unspecified atom stereocenters. The molecule has 21 heavy (non-hydrogen) atoms. The number of likely N-dealkylation sites (tertiary alicyclic amines) is 1. The van der Waals surface area contributed by atoms with E-state index in [1.807, 2.05) is 40.7 Å². The number of aromatic nitrogens is 4. The second-order valence-electron chi connectivity index (χ2n) is 5.19. The average molecular weight is 301 g/mol. The first-order valence-electron chi connectivity index (χ1n) is 6.92. The van der Waals surface area contributed by atoms with Gasteiger partial charge < -0.3 is 4.42 Å². The van der Waals surface area contributed by atoms with E-state index >= 15 is 0 Å². The van der Waals surface area contributed by atoms with Crippen molar-refractivity contribution in [2.75, 3.05) is 13.1 Å². The topological polar surface area (TPSA) is 60.0 Å². The molecule has 4 heterocycles. The summed E-state index contributed by atoms with van der Waals surface area (Å²) in [5.41, 5.74) is 0. The highest BCUT2D eigenvalue weighted by Gasteiger charge is 2.34. The Morgan fingerprint density at radius 2 is 2.24 bits per heavy atom. The summed E-state index contributed by atoms with van der Waals surface area (Å²) in [6.07, 6.45) is 3.83. The van der Waals surface area contributed by atoms with Crippen LogP contribution in [0.4, 0.5) is 0 Å². The molecule has 0 saturated carbocycles. The number of hydrogen-bond acceptors (Lipinski definition) is 6. The third-order valence-corrected chi connectivity index (χ3v) is 4.73. The molecular weight excluding hydrogens is 286 g/mol. The summed E-state index contributed by atoms with van der Waals surface area (Å²) in [5, 5.41) is 14.6. The molecule has 0 aromatic carbocycles. The van der Waals surface area contributed by atoms with E-state index in [4.69, 9.17) is 4.42 Å². The van der Waals surface area contributed by atoms with E-state index in [-0.39, 0.29) is 6.04 Å². The van der Waals surface area contributed by atoms with Crippen molar-refractivity contribution in [3.8, 4) is 10.8 Å². The van der Waals surface area contributed by atoms with Gasteiger partial charge in [0, 0.05) is 25.5 Å². The van der Waals surface area contributed by atoms with Crippen molar-refractivity contribution in [3.05, 3.63) is 41.9 Å². The van der Waals surface area contributed by atoms with Gasteiger partial charge in [-0.3, -0.25) is 9.58 Å². The zero-order valence-corrected chi connectivity index (χ0v) is 12.4. The Bertz CT molecular complexity index is 700. The normalized spacial score (nSPS) is 17.8. The molecule has 4 rings (SSSR count). The third kappa shape index (κ3) is 2.28. The van der Waals surface area contributed by atoms with Crippen LogP contribution >= 0.6 is 11.3 Å². The summed E-state index contributed by atoms with van der Waals surface area (Å²) < 4.78 is 7.80. The molecule has 7 heteroatoms. The van der Waals surface area contributed by atoms with E-state index in [2.05, 4.69) is 27.1 Å².